The van der Waals surface area contributed by atoms with Gasteiger partial charge in [-0.05, 0) is 24.6 Å². The second-order valence-corrected chi connectivity index (χ2v) is 6.94. The molecule has 0 bridgehead atoms. The van der Waals surface area contributed by atoms with Crippen LogP contribution < -0.4 is 10.5 Å². The van der Waals surface area contributed by atoms with Gasteiger partial charge in [-0.15, -0.1) is 10.2 Å². The molecule has 0 unspecified atom stereocenters. The van der Waals surface area contributed by atoms with E-state index in [0.717, 1.165) is 11.3 Å². The van der Waals surface area contributed by atoms with Crippen molar-refractivity contribution in [3.05, 3.63) is 33.8 Å². The maximum absolute atomic E-state index is 12.2. The molecule has 0 aliphatic carbocycles. The number of hydrogen-bond donors (Lipinski definition) is 2. The van der Waals surface area contributed by atoms with Gasteiger partial charge in [0.15, 0.2) is 0 Å². The number of aromatic nitrogens is 2. The number of nitrogens with zero attached hydrogens (tertiary/aromatic N) is 2. The van der Waals surface area contributed by atoms with Crippen molar-refractivity contribution in [1.29, 1.82) is 0 Å². The number of hydrogen-bond acceptors (Lipinski definition) is 6. The van der Waals surface area contributed by atoms with Gasteiger partial charge in [0.05, 0.1) is 5.02 Å². The van der Waals surface area contributed by atoms with Gasteiger partial charge in [-0.25, -0.2) is 8.42 Å². The van der Waals surface area contributed by atoms with Gasteiger partial charge in [0.25, 0.3) is 10.0 Å². The molecule has 2 aromatic rings. The first-order valence-corrected chi connectivity index (χ1v) is 7.91. The smallest absolute Gasteiger partial charge is 0.265 e. The van der Waals surface area contributed by atoms with E-state index in [-0.39, 0.29) is 21.6 Å². The Kier molecular flexibility index (Phi) is 4.04. The fourth-order valence-corrected chi connectivity index (χ4v) is 3.76. The second kappa shape index (κ2) is 5.41. The fraction of sp³-hybridized carbons (Fsp3) is 0.200. The van der Waals surface area contributed by atoms with E-state index in [9.17, 15) is 8.42 Å². The number of rotatable bonds is 4. The molecule has 1 aromatic heterocycles. The van der Waals surface area contributed by atoms with Crippen LogP contribution in [-0.4, -0.2) is 18.6 Å². The number of nitrogens with two attached hydrogens (primary N) is 1. The quantitative estimate of drug-likeness (QED) is 0.895. The van der Waals surface area contributed by atoms with E-state index in [1.54, 1.807) is 13.0 Å². The minimum absolute atomic E-state index is 0.0232. The number of anilines is 1. The summed E-state index contributed by atoms with van der Waals surface area (Å²) < 4.78 is 26.7. The van der Waals surface area contributed by atoms with Gasteiger partial charge in [0.2, 0.25) is 5.13 Å². The summed E-state index contributed by atoms with van der Waals surface area (Å²) in [7, 11) is -3.79. The van der Waals surface area contributed by atoms with Gasteiger partial charge in [-0.3, -0.25) is 4.72 Å². The molecule has 9 heteroatoms. The summed E-state index contributed by atoms with van der Waals surface area (Å²) in [6.07, 6.45) is 0. The second-order valence-electron chi connectivity index (χ2n) is 3.70. The molecule has 1 aromatic carbocycles. The topological polar surface area (TPSA) is 98.0 Å². The van der Waals surface area contributed by atoms with E-state index >= 15 is 0 Å². The Morgan fingerprint density at radius 1 is 1.42 bits per heavy atom. The van der Waals surface area contributed by atoms with Crippen molar-refractivity contribution in [2.45, 2.75) is 18.4 Å². The number of halogens is 1. The predicted molar refractivity (Wildman–Crippen MR) is 74.8 cm³/mol. The molecular formula is C10H11ClN4O2S2. The lowest BCUT2D eigenvalue weighted by Gasteiger charge is -2.08. The number of nitrogens with one attached hydrogen (secondary N) is 1. The molecular weight excluding hydrogens is 308 g/mol. The van der Waals surface area contributed by atoms with Crippen molar-refractivity contribution >= 4 is 38.1 Å². The molecule has 0 atom stereocenters. The third-order valence-electron chi connectivity index (χ3n) is 2.27. The van der Waals surface area contributed by atoms with Crippen LogP contribution in [-0.2, 0) is 16.6 Å². The average Bonchev–Trinajstić information content (AvgIpc) is 2.74. The predicted octanol–water partition coefficient (Wildman–Crippen LogP) is 1.76. The summed E-state index contributed by atoms with van der Waals surface area (Å²) in [5.41, 5.74) is 6.17. The van der Waals surface area contributed by atoms with Gasteiger partial charge in [-0.1, -0.05) is 29.0 Å². The van der Waals surface area contributed by atoms with E-state index in [0.29, 0.717) is 10.6 Å². The third kappa shape index (κ3) is 3.21. The molecule has 3 N–H and O–H groups in total. The zero-order valence-electron chi connectivity index (χ0n) is 9.92. The van der Waals surface area contributed by atoms with Crippen LogP contribution in [0.25, 0.3) is 0 Å². The van der Waals surface area contributed by atoms with E-state index in [4.69, 9.17) is 17.3 Å². The molecule has 0 amide bonds. The number of aryl methyl sites for hydroxylation is 1. The lowest BCUT2D eigenvalue weighted by atomic mass is 10.2. The molecule has 0 spiro atoms. The number of sulfonamides is 1. The summed E-state index contributed by atoms with van der Waals surface area (Å²) in [5.74, 6) is 0. The lowest BCUT2D eigenvalue weighted by Crippen LogP contribution is -2.14. The number of benzene rings is 1. The molecule has 0 aliphatic heterocycles. The van der Waals surface area contributed by atoms with E-state index in [1.807, 2.05) is 0 Å². The standard InChI is InChI=1S/C10H11ClN4O2S2/c1-6-13-14-10(18-6)15-19(16,17)9-4-7(5-12)2-3-8(9)11/h2-4H,5,12H2,1H3,(H,14,15). The van der Waals surface area contributed by atoms with Crippen LogP contribution in [0.15, 0.2) is 23.1 Å². The van der Waals surface area contributed by atoms with Crippen LogP contribution in [0.4, 0.5) is 5.13 Å². The molecule has 0 radical (unpaired) electrons. The normalized spacial score (nSPS) is 11.5. The molecule has 2 rings (SSSR count). The van der Waals surface area contributed by atoms with Crippen LogP contribution in [0.3, 0.4) is 0 Å². The first-order valence-electron chi connectivity index (χ1n) is 5.24. The minimum Gasteiger partial charge on any atom is -0.326 e. The highest BCUT2D eigenvalue weighted by Gasteiger charge is 2.20. The van der Waals surface area contributed by atoms with Crippen molar-refractivity contribution in [2.75, 3.05) is 4.72 Å². The highest BCUT2D eigenvalue weighted by Crippen LogP contribution is 2.25. The Morgan fingerprint density at radius 3 is 2.74 bits per heavy atom. The summed E-state index contributed by atoms with van der Waals surface area (Å²) in [6.45, 7) is 1.97. The fourth-order valence-electron chi connectivity index (χ4n) is 1.39. The Hall–Kier alpha value is -1.22. The van der Waals surface area contributed by atoms with Crippen LogP contribution >= 0.6 is 22.9 Å². The molecule has 102 valence electrons. The van der Waals surface area contributed by atoms with Crippen LogP contribution in [0.1, 0.15) is 10.6 Å². The monoisotopic (exact) mass is 318 g/mol. The van der Waals surface area contributed by atoms with Crippen molar-refractivity contribution in [3.63, 3.8) is 0 Å². The maximum Gasteiger partial charge on any atom is 0.265 e. The molecule has 0 aliphatic rings. The molecule has 0 saturated heterocycles. The summed E-state index contributed by atoms with van der Waals surface area (Å²) in [4.78, 5) is -0.0232. The van der Waals surface area contributed by atoms with E-state index in [1.165, 1.54) is 12.1 Å². The van der Waals surface area contributed by atoms with Crippen molar-refractivity contribution in [2.24, 2.45) is 5.73 Å². The largest absolute Gasteiger partial charge is 0.326 e. The molecule has 1 heterocycles. The highest BCUT2D eigenvalue weighted by molar-refractivity contribution is 7.93. The van der Waals surface area contributed by atoms with Crippen molar-refractivity contribution < 1.29 is 8.42 Å². The third-order valence-corrected chi connectivity index (χ3v) is 4.97. The highest BCUT2D eigenvalue weighted by atomic mass is 35.5. The Labute approximate surface area is 119 Å². The maximum atomic E-state index is 12.2. The van der Waals surface area contributed by atoms with Gasteiger partial charge in [0.1, 0.15) is 9.90 Å². The molecule has 0 saturated carbocycles. The molecule has 19 heavy (non-hydrogen) atoms. The van der Waals surface area contributed by atoms with E-state index in [2.05, 4.69) is 14.9 Å². The first kappa shape index (κ1) is 14.2. The van der Waals surface area contributed by atoms with E-state index < -0.39 is 10.0 Å². The molecule has 6 nitrogen and oxygen atoms in total. The Morgan fingerprint density at radius 2 is 2.16 bits per heavy atom. The minimum atomic E-state index is -3.79. The summed E-state index contributed by atoms with van der Waals surface area (Å²) in [6, 6.07) is 4.62. The molecule has 0 fully saturated rings. The van der Waals surface area contributed by atoms with Gasteiger partial charge < -0.3 is 5.73 Å². The lowest BCUT2D eigenvalue weighted by molar-refractivity contribution is 0.601. The summed E-state index contributed by atoms with van der Waals surface area (Å²) in [5, 5.41) is 8.45. The van der Waals surface area contributed by atoms with Crippen LogP contribution in [0, 0.1) is 6.92 Å². The van der Waals surface area contributed by atoms with Gasteiger partial charge >= 0.3 is 0 Å². The van der Waals surface area contributed by atoms with Gasteiger partial charge in [0, 0.05) is 6.54 Å². The zero-order chi connectivity index (χ0) is 14.0. The van der Waals surface area contributed by atoms with Crippen molar-refractivity contribution in [1.82, 2.24) is 10.2 Å². The average molecular weight is 319 g/mol. The Bertz CT molecular complexity index is 699. The van der Waals surface area contributed by atoms with Crippen LogP contribution in [0.5, 0.6) is 0 Å². The van der Waals surface area contributed by atoms with Crippen molar-refractivity contribution in [3.8, 4) is 0 Å². The summed E-state index contributed by atoms with van der Waals surface area (Å²) >= 11 is 7.06. The first-order chi connectivity index (χ1) is 8.92. The zero-order valence-corrected chi connectivity index (χ0v) is 12.3. The Balaban J connectivity index is 2.39. The van der Waals surface area contributed by atoms with Crippen LogP contribution in [0.2, 0.25) is 5.02 Å². The SMILES string of the molecule is Cc1nnc(NS(=O)(=O)c2cc(CN)ccc2Cl)s1. The van der Waals surface area contributed by atoms with Gasteiger partial charge in [-0.2, -0.15) is 0 Å².